The van der Waals surface area contributed by atoms with Gasteiger partial charge in [-0.25, -0.2) is 9.59 Å². The quantitative estimate of drug-likeness (QED) is 0.657. The maximum atomic E-state index is 11.3. The zero-order chi connectivity index (χ0) is 15.6. The lowest BCUT2D eigenvalue weighted by Gasteiger charge is -2.14. The van der Waals surface area contributed by atoms with Gasteiger partial charge < -0.3 is 20.6 Å². The van der Waals surface area contributed by atoms with Gasteiger partial charge in [-0.2, -0.15) is 0 Å². The number of carboxylic acid groups (broad SMARTS) is 2. The number of carboxylic acids is 2. The Labute approximate surface area is 119 Å². The fourth-order valence-electron chi connectivity index (χ4n) is 1.93. The van der Waals surface area contributed by atoms with Crippen LogP contribution in [0.5, 0.6) is 0 Å². The predicted octanol–water partition coefficient (Wildman–Crippen LogP) is 1.42. The number of benzene rings is 1. The summed E-state index contributed by atoms with van der Waals surface area (Å²) in [5.74, 6) is -2.29. The maximum absolute atomic E-state index is 11.3. The third kappa shape index (κ3) is 3.09. The molecular weight excluding hydrogens is 276 g/mol. The maximum Gasteiger partial charge on any atom is 0.339 e. The van der Waals surface area contributed by atoms with Crippen molar-refractivity contribution in [1.29, 1.82) is 0 Å². The number of hydrogen-bond donors (Lipinski definition) is 4. The van der Waals surface area contributed by atoms with E-state index >= 15 is 0 Å². The highest BCUT2D eigenvalue weighted by Gasteiger charge is 2.16. The van der Waals surface area contributed by atoms with Gasteiger partial charge in [0.25, 0.3) is 0 Å². The van der Waals surface area contributed by atoms with Crippen molar-refractivity contribution in [1.82, 2.24) is 4.98 Å². The van der Waals surface area contributed by atoms with Crippen LogP contribution in [-0.2, 0) is 0 Å². The second kappa shape index (κ2) is 5.76. The predicted molar refractivity (Wildman–Crippen MR) is 75.8 cm³/mol. The SMILES string of the molecule is C[C@H](O)CNc1c(C(=O)O)cnc2ccc(C(=O)O)cc12. The molecule has 7 heteroatoms. The lowest BCUT2D eigenvalue weighted by Crippen LogP contribution is -2.17. The Morgan fingerprint density at radius 2 is 2.00 bits per heavy atom. The number of aromatic carboxylic acids is 2. The molecule has 0 saturated carbocycles. The average molecular weight is 290 g/mol. The summed E-state index contributed by atoms with van der Waals surface area (Å²) in [6.45, 7) is 1.69. The van der Waals surface area contributed by atoms with Gasteiger partial charge in [0.2, 0.25) is 0 Å². The first-order valence-electron chi connectivity index (χ1n) is 6.21. The molecule has 0 amide bonds. The minimum absolute atomic E-state index is 0.0342. The van der Waals surface area contributed by atoms with E-state index in [9.17, 15) is 19.8 Å². The normalized spacial score (nSPS) is 12.1. The molecule has 0 aliphatic carbocycles. The molecule has 0 aliphatic heterocycles. The summed E-state index contributed by atoms with van der Waals surface area (Å²) in [6.07, 6.45) is 0.521. The molecule has 1 atom stereocenters. The summed E-state index contributed by atoms with van der Waals surface area (Å²) >= 11 is 0. The van der Waals surface area contributed by atoms with Crippen LogP contribution in [0.25, 0.3) is 10.9 Å². The van der Waals surface area contributed by atoms with Crippen molar-refractivity contribution in [3.63, 3.8) is 0 Å². The molecule has 1 heterocycles. The number of aliphatic hydroxyl groups is 1. The molecule has 21 heavy (non-hydrogen) atoms. The van der Waals surface area contributed by atoms with Gasteiger partial charge in [0.1, 0.15) is 5.56 Å². The first kappa shape index (κ1) is 14.7. The summed E-state index contributed by atoms with van der Waals surface area (Å²) in [5.41, 5.74) is 0.673. The second-order valence-electron chi connectivity index (χ2n) is 4.62. The van der Waals surface area contributed by atoms with Crippen LogP contribution in [0.15, 0.2) is 24.4 Å². The standard InChI is InChI=1S/C14H14N2O5/c1-7(17)5-16-12-9-4-8(13(18)19)2-3-11(9)15-6-10(12)14(20)21/h2-4,6-7,17H,5H2,1H3,(H,15,16)(H,18,19)(H,20,21)/t7-/m0/s1. The van der Waals surface area contributed by atoms with Gasteiger partial charge in [0.05, 0.1) is 22.9 Å². The van der Waals surface area contributed by atoms with E-state index in [1.807, 2.05) is 0 Å². The smallest absolute Gasteiger partial charge is 0.339 e. The topological polar surface area (TPSA) is 120 Å². The van der Waals surface area contributed by atoms with Crippen molar-refractivity contribution < 1.29 is 24.9 Å². The van der Waals surface area contributed by atoms with Gasteiger partial charge in [-0.3, -0.25) is 4.98 Å². The number of hydrogen-bond acceptors (Lipinski definition) is 5. The van der Waals surface area contributed by atoms with E-state index in [0.717, 1.165) is 0 Å². The molecule has 0 fully saturated rings. The van der Waals surface area contributed by atoms with Crippen LogP contribution in [0, 0.1) is 0 Å². The highest BCUT2D eigenvalue weighted by Crippen LogP contribution is 2.27. The third-order valence-electron chi connectivity index (χ3n) is 2.92. The fraction of sp³-hybridized carbons (Fsp3) is 0.214. The van der Waals surface area contributed by atoms with Crippen LogP contribution >= 0.6 is 0 Å². The van der Waals surface area contributed by atoms with Crippen molar-refractivity contribution in [2.45, 2.75) is 13.0 Å². The number of carbonyl (C=O) groups is 2. The van der Waals surface area contributed by atoms with Crippen LogP contribution < -0.4 is 5.32 Å². The minimum atomic E-state index is -1.18. The molecule has 110 valence electrons. The van der Waals surface area contributed by atoms with Crippen molar-refractivity contribution in [2.75, 3.05) is 11.9 Å². The number of pyridine rings is 1. The molecule has 1 aromatic heterocycles. The number of aromatic nitrogens is 1. The first-order chi connectivity index (χ1) is 9.90. The molecule has 0 spiro atoms. The van der Waals surface area contributed by atoms with Gasteiger partial charge >= 0.3 is 11.9 Å². The van der Waals surface area contributed by atoms with E-state index in [-0.39, 0.29) is 23.4 Å². The lowest BCUT2D eigenvalue weighted by atomic mass is 10.1. The second-order valence-corrected chi connectivity index (χ2v) is 4.62. The fourth-order valence-corrected chi connectivity index (χ4v) is 1.93. The van der Waals surface area contributed by atoms with Crippen molar-refractivity contribution in [3.05, 3.63) is 35.5 Å². The van der Waals surface area contributed by atoms with Gasteiger partial charge in [-0.1, -0.05) is 0 Å². The summed E-state index contributed by atoms with van der Waals surface area (Å²) in [4.78, 5) is 26.3. The average Bonchev–Trinajstić information content (AvgIpc) is 2.43. The van der Waals surface area contributed by atoms with Crippen molar-refractivity contribution >= 4 is 28.5 Å². The molecule has 0 aliphatic rings. The zero-order valence-corrected chi connectivity index (χ0v) is 11.2. The molecule has 2 rings (SSSR count). The van der Waals surface area contributed by atoms with Crippen LogP contribution in [0.2, 0.25) is 0 Å². The molecule has 2 aromatic rings. The minimum Gasteiger partial charge on any atom is -0.478 e. The van der Waals surface area contributed by atoms with Crippen LogP contribution in [0.1, 0.15) is 27.6 Å². The lowest BCUT2D eigenvalue weighted by molar-refractivity contribution is 0.0687. The van der Waals surface area contributed by atoms with E-state index in [1.165, 1.54) is 24.4 Å². The van der Waals surface area contributed by atoms with E-state index in [2.05, 4.69) is 10.3 Å². The number of fused-ring (bicyclic) bond motifs is 1. The molecular formula is C14H14N2O5. The number of nitrogens with zero attached hydrogens (tertiary/aromatic N) is 1. The highest BCUT2D eigenvalue weighted by atomic mass is 16.4. The molecule has 0 bridgehead atoms. The van der Waals surface area contributed by atoms with Gasteiger partial charge in [0.15, 0.2) is 0 Å². The van der Waals surface area contributed by atoms with E-state index in [0.29, 0.717) is 10.9 Å². The Morgan fingerprint density at radius 3 is 2.57 bits per heavy atom. The Morgan fingerprint density at radius 1 is 1.29 bits per heavy atom. The Kier molecular flexibility index (Phi) is 4.04. The van der Waals surface area contributed by atoms with Gasteiger partial charge in [-0.15, -0.1) is 0 Å². The largest absolute Gasteiger partial charge is 0.478 e. The molecule has 0 unspecified atom stereocenters. The summed E-state index contributed by atoms with van der Waals surface area (Å²) in [5, 5.41) is 30.8. The van der Waals surface area contributed by atoms with Gasteiger partial charge in [0, 0.05) is 18.1 Å². The van der Waals surface area contributed by atoms with Crippen LogP contribution in [0.4, 0.5) is 5.69 Å². The summed E-state index contributed by atoms with van der Waals surface area (Å²) < 4.78 is 0. The summed E-state index contributed by atoms with van der Waals surface area (Å²) in [7, 11) is 0. The molecule has 4 N–H and O–H groups in total. The number of nitrogens with one attached hydrogen (secondary N) is 1. The Bertz CT molecular complexity index is 707. The molecule has 0 radical (unpaired) electrons. The zero-order valence-electron chi connectivity index (χ0n) is 11.2. The number of anilines is 1. The van der Waals surface area contributed by atoms with Crippen LogP contribution in [0.3, 0.4) is 0 Å². The van der Waals surface area contributed by atoms with Crippen LogP contribution in [-0.4, -0.2) is 44.9 Å². The molecule has 7 nitrogen and oxygen atoms in total. The van der Waals surface area contributed by atoms with Gasteiger partial charge in [-0.05, 0) is 25.1 Å². The highest BCUT2D eigenvalue weighted by molar-refractivity contribution is 6.06. The molecule has 1 aromatic carbocycles. The van der Waals surface area contributed by atoms with E-state index in [4.69, 9.17) is 5.11 Å². The number of rotatable bonds is 5. The summed E-state index contributed by atoms with van der Waals surface area (Å²) in [6, 6.07) is 4.27. The van der Waals surface area contributed by atoms with Crippen molar-refractivity contribution in [3.8, 4) is 0 Å². The Balaban J connectivity index is 2.65. The third-order valence-corrected chi connectivity index (χ3v) is 2.92. The number of aliphatic hydroxyl groups excluding tert-OH is 1. The van der Waals surface area contributed by atoms with E-state index in [1.54, 1.807) is 6.92 Å². The monoisotopic (exact) mass is 290 g/mol. The first-order valence-corrected chi connectivity index (χ1v) is 6.21. The Hall–Kier alpha value is -2.67. The van der Waals surface area contributed by atoms with Crippen molar-refractivity contribution in [2.24, 2.45) is 0 Å². The van der Waals surface area contributed by atoms with E-state index < -0.39 is 18.0 Å². The molecule has 0 saturated heterocycles.